The lowest BCUT2D eigenvalue weighted by Gasteiger charge is -2.36. The summed E-state index contributed by atoms with van der Waals surface area (Å²) in [5, 5.41) is 3.74. The Morgan fingerprint density at radius 3 is 2.55 bits per heavy atom. The average Bonchev–Trinajstić information content (AvgIpc) is 3.30. The Morgan fingerprint density at radius 2 is 1.90 bits per heavy atom. The number of aromatic nitrogens is 2. The fourth-order valence-corrected chi connectivity index (χ4v) is 3.15. The highest BCUT2D eigenvalue weighted by atomic mass is 15.2. The van der Waals surface area contributed by atoms with Gasteiger partial charge in [-0.05, 0) is 52.0 Å². The number of nitrogens with one attached hydrogen (secondary N) is 1. The third kappa shape index (κ3) is 3.36. The summed E-state index contributed by atoms with van der Waals surface area (Å²) in [5.74, 6) is 0.981. The molecule has 1 aliphatic heterocycles. The van der Waals surface area contributed by atoms with Gasteiger partial charge in [0.05, 0.1) is 17.4 Å². The molecule has 2 heterocycles. The molecule has 0 radical (unpaired) electrons. The summed E-state index contributed by atoms with van der Waals surface area (Å²) >= 11 is 0. The van der Waals surface area contributed by atoms with Crippen LogP contribution in [0.2, 0.25) is 0 Å². The largest absolute Gasteiger partial charge is 0.314 e. The normalized spacial score (nSPS) is 22.9. The molecule has 1 saturated heterocycles. The molecule has 1 N–H and O–H groups in total. The van der Waals surface area contributed by atoms with Crippen LogP contribution in [-0.2, 0) is 0 Å². The minimum absolute atomic E-state index is 0.382. The Kier molecular flexibility index (Phi) is 4.32. The molecule has 0 aromatic carbocycles. The molecule has 4 nitrogen and oxygen atoms in total. The predicted octanol–water partition coefficient (Wildman–Crippen LogP) is 2.31. The fraction of sp³-hybridized carbons (Fsp3) is 0.750. The van der Waals surface area contributed by atoms with Gasteiger partial charge in [0.2, 0.25) is 0 Å². The molecule has 0 bridgehead atoms. The summed E-state index contributed by atoms with van der Waals surface area (Å²) < 4.78 is 0. The monoisotopic (exact) mass is 274 g/mol. The molecule has 1 aromatic heterocycles. The van der Waals surface area contributed by atoms with Crippen LogP contribution < -0.4 is 5.32 Å². The van der Waals surface area contributed by atoms with Crippen molar-refractivity contribution in [3.63, 3.8) is 0 Å². The Morgan fingerprint density at radius 1 is 1.20 bits per heavy atom. The van der Waals surface area contributed by atoms with Crippen LogP contribution >= 0.6 is 0 Å². The zero-order chi connectivity index (χ0) is 13.9. The highest BCUT2D eigenvalue weighted by Gasteiger charge is 2.27. The van der Waals surface area contributed by atoms with E-state index < -0.39 is 0 Å². The van der Waals surface area contributed by atoms with Crippen molar-refractivity contribution in [1.82, 2.24) is 20.2 Å². The van der Waals surface area contributed by atoms with Crippen molar-refractivity contribution in [2.45, 2.75) is 51.6 Å². The third-order valence-corrected chi connectivity index (χ3v) is 4.78. The van der Waals surface area contributed by atoms with Gasteiger partial charge in [-0.1, -0.05) is 0 Å². The van der Waals surface area contributed by atoms with Gasteiger partial charge in [-0.3, -0.25) is 14.9 Å². The molecule has 0 spiro atoms. The molecule has 1 unspecified atom stereocenters. The highest BCUT2D eigenvalue weighted by molar-refractivity contribution is 5.13. The lowest BCUT2D eigenvalue weighted by Crippen LogP contribution is -2.44. The SMILES string of the molecule is Cc1nccnc1C(C)N1CCC(NCC2CC2)CC1. The molecule has 20 heavy (non-hydrogen) atoms. The average molecular weight is 274 g/mol. The summed E-state index contributed by atoms with van der Waals surface area (Å²) in [5.41, 5.74) is 2.20. The molecule has 2 fully saturated rings. The van der Waals surface area contributed by atoms with E-state index in [1.165, 1.54) is 45.3 Å². The second-order valence-electron chi connectivity index (χ2n) is 6.36. The molecule has 4 heteroatoms. The van der Waals surface area contributed by atoms with Gasteiger partial charge >= 0.3 is 0 Å². The topological polar surface area (TPSA) is 41.1 Å². The Bertz CT molecular complexity index is 436. The van der Waals surface area contributed by atoms with Gasteiger partial charge in [-0.2, -0.15) is 0 Å². The zero-order valence-corrected chi connectivity index (χ0v) is 12.7. The van der Waals surface area contributed by atoms with Crippen molar-refractivity contribution in [1.29, 1.82) is 0 Å². The molecular formula is C16H26N4. The number of aryl methyl sites for hydroxylation is 1. The maximum absolute atomic E-state index is 4.52. The minimum atomic E-state index is 0.382. The van der Waals surface area contributed by atoms with Crippen molar-refractivity contribution in [2.75, 3.05) is 19.6 Å². The number of nitrogens with zero attached hydrogens (tertiary/aromatic N) is 3. The lowest BCUT2D eigenvalue weighted by atomic mass is 10.0. The van der Waals surface area contributed by atoms with Crippen LogP contribution in [0.1, 0.15) is 50.0 Å². The first-order valence-corrected chi connectivity index (χ1v) is 7.99. The summed E-state index contributed by atoms with van der Waals surface area (Å²) in [4.78, 5) is 11.4. The maximum atomic E-state index is 4.52. The van der Waals surface area contributed by atoms with Crippen LogP contribution in [-0.4, -0.2) is 40.5 Å². The van der Waals surface area contributed by atoms with Gasteiger partial charge in [0.15, 0.2) is 0 Å². The molecule has 1 saturated carbocycles. The van der Waals surface area contributed by atoms with E-state index in [0.717, 1.165) is 23.3 Å². The molecule has 1 aliphatic carbocycles. The summed E-state index contributed by atoms with van der Waals surface area (Å²) in [6.07, 6.45) is 8.98. The van der Waals surface area contributed by atoms with E-state index >= 15 is 0 Å². The predicted molar refractivity (Wildman–Crippen MR) is 80.5 cm³/mol. The standard InChI is InChI=1S/C16H26N4/c1-12-16(18-8-7-17-12)13(2)20-9-5-15(6-10-20)19-11-14-3-4-14/h7-8,13-15,19H,3-6,9-11H2,1-2H3. The van der Waals surface area contributed by atoms with E-state index in [9.17, 15) is 0 Å². The van der Waals surface area contributed by atoms with Gasteiger partial charge in [0.25, 0.3) is 0 Å². The molecule has 1 atom stereocenters. The van der Waals surface area contributed by atoms with E-state index in [2.05, 4.69) is 34.0 Å². The Balaban J connectivity index is 1.50. The number of likely N-dealkylation sites (tertiary alicyclic amines) is 1. The minimum Gasteiger partial charge on any atom is -0.314 e. The summed E-state index contributed by atoms with van der Waals surface area (Å²) in [6.45, 7) is 7.89. The molecule has 2 aliphatic rings. The van der Waals surface area contributed by atoms with Crippen molar-refractivity contribution in [3.05, 3.63) is 23.8 Å². The van der Waals surface area contributed by atoms with Gasteiger partial charge in [-0.25, -0.2) is 0 Å². The fourth-order valence-electron chi connectivity index (χ4n) is 3.15. The number of hydrogen-bond donors (Lipinski definition) is 1. The first kappa shape index (κ1) is 14.0. The van der Waals surface area contributed by atoms with Crippen molar-refractivity contribution in [3.8, 4) is 0 Å². The number of piperidine rings is 1. The van der Waals surface area contributed by atoms with Crippen LogP contribution in [0.4, 0.5) is 0 Å². The highest BCUT2D eigenvalue weighted by Crippen LogP contribution is 2.29. The summed E-state index contributed by atoms with van der Waals surface area (Å²) in [6, 6.07) is 1.11. The second kappa shape index (κ2) is 6.19. The van der Waals surface area contributed by atoms with E-state index in [1.54, 1.807) is 6.20 Å². The summed E-state index contributed by atoms with van der Waals surface area (Å²) in [7, 11) is 0. The quantitative estimate of drug-likeness (QED) is 0.894. The Hall–Kier alpha value is -1.00. The van der Waals surface area contributed by atoms with Crippen LogP contribution in [0.3, 0.4) is 0 Å². The van der Waals surface area contributed by atoms with Crippen molar-refractivity contribution in [2.24, 2.45) is 5.92 Å². The molecule has 3 rings (SSSR count). The van der Waals surface area contributed by atoms with Crippen LogP contribution in [0, 0.1) is 12.8 Å². The Labute approximate surface area is 122 Å². The van der Waals surface area contributed by atoms with Gasteiger partial charge in [-0.15, -0.1) is 0 Å². The van der Waals surface area contributed by atoms with Crippen LogP contribution in [0.15, 0.2) is 12.4 Å². The molecular weight excluding hydrogens is 248 g/mol. The van der Waals surface area contributed by atoms with Crippen molar-refractivity contribution >= 4 is 0 Å². The molecule has 1 aromatic rings. The van der Waals surface area contributed by atoms with E-state index in [-0.39, 0.29) is 0 Å². The first-order chi connectivity index (χ1) is 9.74. The van der Waals surface area contributed by atoms with Crippen LogP contribution in [0.25, 0.3) is 0 Å². The number of hydrogen-bond acceptors (Lipinski definition) is 4. The molecule has 110 valence electrons. The lowest BCUT2D eigenvalue weighted by molar-refractivity contribution is 0.149. The van der Waals surface area contributed by atoms with Gasteiger partial charge in [0, 0.05) is 31.5 Å². The smallest absolute Gasteiger partial charge is 0.0784 e. The van der Waals surface area contributed by atoms with Crippen LogP contribution in [0.5, 0.6) is 0 Å². The first-order valence-electron chi connectivity index (χ1n) is 7.99. The zero-order valence-electron chi connectivity index (χ0n) is 12.7. The van der Waals surface area contributed by atoms with Gasteiger partial charge in [0.1, 0.15) is 0 Å². The van der Waals surface area contributed by atoms with Gasteiger partial charge < -0.3 is 5.32 Å². The maximum Gasteiger partial charge on any atom is 0.0784 e. The van der Waals surface area contributed by atoms with Crippen molar-refractivity contribution < 1.29 is 0 Å². The van der Waals surface area contributed by atoms with E-state index in [1.807, 2.05) is 6.20 Å². The van der Waals surface area contributed by atoms with E-state index in [0.29, 0.717) is 6.04 Å². The van der Waals surface area contributed by atoms with E-state index in [4.69, 9.17) is 0 Å². The third-order valence-electron chi connectivity index (χ3n) is 4.78. The molecule has 0 amide bonds. The number of rotatable bonds is 5. The second-order valence-corrected chi connectivity index (χ2v) is 6.36.